The summed E-state index contributed by atoms with van der Waals surface area (Å²) >= 11 is 0. The van der Waals surface area contributed by atoms with Crippen LogP contribution < -0.4 is 5.32 Å². The Balaban J connectivity index is 3.10. The summed E-state index contributed by atoms with van der Waals surface area (Å²) < 4.78 is 4.79. The summed E-state index contributed by atoms with van der Waals surface area (Å²) in [5, 5.41) is 2.95. The van der Waals surface area contributed by atoms with Crippen LogP contribution in [0, 0.1) is 0 Å². The summed E-state index contributed by atoms with van der Waals surface area (Å²) in [5.74, 6) is 0.163. The Kier molecular flexibility index (Phi) is 6.98. The normalized spacial score (nSPS) is 9.55. The monoisotopic (exact) mass is 157 g/mol. The van der Waals surface area contributed by atoms with Gasteiger partial charge < -0.3 is 10.1 Å². The van der Waals surface area contributed by atoms with Crippen LogP contribution >= 0.6 is 0 Å². The molecule has 0 fully saturated rings. The maximum absolute atomic E-state index is 10.8. The van der Waals surface area contributed by atoms with Gasteiger partial charge in [0.15, 0.2) is 0 Å². The predicted octanol–water partition coefficient (Wildman–Crippen LogP) is 0.368. The van der Waals surface area contributed by atoms with E-state index in [1.165, 1.54) is 0 Å². The van der Waals surface area contributed by atoms with Crippen molar-refractivity contribution in [2.75, 3.05) is 26.8 Å². The lowest BCUT2D eigenvalue weighted by atomic mass is 10.3. The Morgan fingerprint density at radius 2 is 2.45 bits per heavy atom. The molecule has 0 heterocycles. The molecule has 0 radical (unpaired) electrons. The summed E-state index contributed by atoms with van der Waals surface area (Å²) in [5.41, 5.74) is 0. The van der Waals surface area contributed by atoms with Crippen molar-refractivity contribution < 1.29 is 9.53 Å². The third-order valence-corrected chi connectivity index (χ3v) is 1.18. The second kappa shape index (κ2) is 7.44. The van der Waals surface area contributed by atoms with E-state index < -0.39 is 0 Å². The van der Waals surface area contributed by atoms with E-state index in [9.17, 15) is 4.79 Å². The van der Waals surface area contributed by atoms with Gasteiger partial charge in [-0.3, -0.25) is 4.79 Å². The summed E-state index contributed by atoms with van der Waals surface area (Å²) in [6, 6.07) is 0. The lowest BCUT2D eigenvalue weighted by Gasteiger charge is -2.00. The number of carbonyl (C=O) groups excluding carboxylic acids is 1. The molecule has 0 aromatic carbocycles. The van der Waals surface area contributed by atoms with E-state index in [1.807, 2.05) is 0 Å². The highest BCUT2D eigenvalue weighted by Crippen LogP contribution is 1.80. The molecule has 0 unspecified atom stereocenters. The van der Waals surface area contributed by atoms with E-state index in [4.69, 9.17) is 4.74 Å². The number of methoxy groups -OCH3 is 1. The van der Waals surface area contributed by atoms with E-state index in [1.54, 1.807) is 13.2 Å². The smallest absolute Gasteiger partial charge is 0.150 e. The molecule has 0 aliphatic heterocycles. The van der Waals surface area contributed by atoms with Gasteiger partial charge in [0.1, 0.15) is 5.78 Å². The molecule has 0 rings (SSSR count). The second-order valence-electron chi connectivity index (χ2n) is 2.20. The summed E-state index contributed by atoms with van der Waals surface area (Å²) in [6.45, 7) is 5.25. The van der Waals surface area contributed by atoms with Crippen molar-refractivity contribution in [1.82, 2.24) is 5.32 Å². The maximum atomic E-state index is 10.8. The number of ether oxygens (including phenoxy) is 1. The van der Waals surface area contributed by atoms with Crippen LogP contribution in [-0.4, -0.2) is 32.6 Å². The average Bonchev–Trinajstić information content (AvgIpc) is 1.99. The van der Waals surface area contributed by atoms with Crippen LogP contribution in [0.15, 0.2) is 12.7 Å². The van der Waals surface area contributed by atoms with Crippen molar-refractivity contribution >= 4 is 5.78 Å². The number of hydrogen-bond donors (Lipinski definition) is 1. The molecule has 1 N–H and O–H groups in total. The standard InChI is InChI=1S/C8H15NO2/c1-3-4-8(10)7-9-5-6-11-2/h3,9H,1,4-7H2,2H3. The highest BCUT2D eigenvalue weighted by Gasteiger charge is 1.95. The van der Waals surface area contributed by atoms with Crippen molar-refractivity contribution in [3.05, 3.63) is 12.7 Å². The van der Waals surface area contributed by atoms with Crippen LogP contribution in [0.1, 0.15) is 6.42 Å². The molecule has 0 aliphatic rings. The van der Waals surface area contributed by atoms with E-state index in [-0.39, 0.29) is 5.78 Å². The highest BCUT2D eigenvalue weighted by molar-refractivity contribution is 5.81. The molecule has 0 saturated heterocycles. The van der Waals surface area contributed by atoms with Crippen LogP contribution in [0.3, 0.4) is 0 Å². The minimum absolute atomic E-state index is 0.163. The molecule has 0 aromatic rings. The van der Waals surface area contributed by atoms with Crippen LogP contribution in [0.5, 0.6) is 0 Å². The van der Waals surface area contributed by atoms with Crippen molar-refractivity contribution in [1.29, 1.82) is 0 Å². The van der Waals surface area contributed by atoms with Gasteiger partial charge in [0, 0.05) is 20.1 Å². The molecular formula is C8H15NO2. The van der Waals surface area contributed by atoms with Gasteiger partial charge in [-0.15, -0.1) is 6.58 Å². The lowest BCUT2D eigenvalue weighted by molar-refractivity contribution is -0.117. The maximum Gasteiger partial charge on any atom is 0.150 e. The van der Waals surface area contributed by atoms with Crippen LogP contribution in [0.2, 0.25) is 0 Å². The van der Waals surface area contributed by atoms with Gasteiger partial charge in [0.2, 0.25) is 0 Å². The van der Waals surface area contributed by atoms with Gasteiger partial charge in [0.05, 0.1) is 13.2 Å². The number of rotatable bonds is 7. The Bertz CT molecular complexity index is 123. The fraction of sp³-hybridized carbons (Fsp3) is 0.625. The molecule has 64 valence electrons. The molecular weight excluding hydrogens is 142 g/mol. The van der Waals surface area contributed by atoms with Gasteiger partial charge in [-0.2, -0.15) is 0 Å². The average molecular weight is 157 g/mol. The molecule has 0 saturated carbocycles. The topological polar surface area (TPSA) is 38.3 Å². The Labute approximate surface area is 67.4 Å². The number of Topliss-reactive ketones (excluding diaryl/α,β-unsaturated/α-hetero) is 1. The minimum atomic E-state index is 0.163. The molecule has 3 heteroatoms. The zero-order valence-corrected chi connectivity index (χ0v) is 6.93. The largest absolute Gasteiger partial charge is 0.383 e. The molecule has 0 bridgehead atoms. The van der Waals surface area contributed by atoms with Crippen molar-refractivity contribution in [3.8, 4) is 0 Å². The first kappa shape index (κ1) is 10.3. The van der Waals surface area contributed by atoms with Gasteiger partial charge in [-0.25, -0.2) is 0 Å². The molecule has 0 spiro atoms. The lowest BCUT2D eigenvalue weighted by Crippen LogP contribution is -2.25. The van der Waals surface area contributed by atoms with Gasteiger partial charge in [0.25, 0.3) is 0 Å². The van der Waals surface area contributed by atoms with Crippen molar-refractivity contribution in [2.45, 2.75) is 6.42 Å². The van der Waals surface area contributed by atoms with Crippen molar-refractivity contribution in [2.24, 2.45) is 0 Å². The van der Waals surface area contributed by atoms with E-state index in [2.05, 4.69) is 11.9 Å². The number of carbonyl (C=O) groups is 1. The third kappa shape index (κ3) is 7.22. The van der Waals surface area contributed by atoms with E-state index >= 15 is 0 Å². The van der Waals surface area contributed by atoms with Gasteiger partial charge >= 0.3 is 0 Å². The number of ketones is 1. The molecule has 0 aromatic heterocycles. The molecule has 3 nitrogen and oxygen atoms in total. The first-order valence-corrected chi connectivity index (χ1v) is 3.63. The molecule has 0 amide bonds. The number of hydrogen-bond acceptors (Lipinski definition) is 3. The van der Waals surface area contributed by atoms with Crippen LogP contribution in [-0.2, 0) is 9.53 Å². The zero-order chi connectivity index (χ0) is 8.53. The molecule has 11 heavy (non-hydrogen) atoms. The summed E-state index contributed by atoms with van der Waals surface area (Å²) in [4.78, 5) is 10.8. The third-order valence-electron chi connectivity index (χ3n) is 1.18. The van der Waals surface area contributed by atoms with Gasteiger partial charge in [-0.1, -0.05) is 6.08 Å². The second-order valence-corrected chi connectivity index (χ2v) is 2.20. The Hall–Kier alpha value is -0.670. The van der Waals surface area contributed by atoms with Crippen LogP contribution in [0.4, 0.5) is 0 Å². The highest BCUT2D eigenvalue weighted by atomic mass is 16.5. The SMILES string of the molecule is C=CCC(=O)CNCCOC. The molecule has 0 aliphatic carbocycles. The van der Waals surface area contributed by atoms with E-state index in [0.29, 0.717) is 19.6 Å². The van der Waals surface area contributed by atoms with Crippen molar-refractivity contribution in [3.63, 3.8) is 0 Å². The summed E-state index contributed by atoms with van der Waals surface area (Å²) in [6.07, 6.45) is 2.06. The predicted molar refractivity (Wildman–Crippen MR) is 44.6 cm³/mol. The Morgan fingerprint density at radius 1 is 1.73 bits per heavy atom. The molecule has 0 atom stereocenters. The fourth-order valence-electron chi connectivity index (χ4n) is 0.635. The fourth-order valence-corrected chi connectivity index (χ4v) is 0.635. The first-order chi connectivity index (χ1) is 5.31. The quantitative estimate of drug-likeness (QED) is 0.428. The van der Waals surface area contributed by atoms with Crippen LogP contribution in [0.25, 0.3) is 0 Å². The van der Waals surface area contributed by atoms with Gasteiger partial charge in [-0.05, 0) is 0 Å². The number of allylic oxidation sites excluding steroid dienone is 1. The number of nitrogens with one attached hydrogen (secondary N) is 1. The first-order valence-electron chi connectivity index (χ1n) is 3.63. The van der Waals surface area contributed by atoms with E-state index in [0.717, 1.165) is 6.54 Å². The summed E-state index contributed by atoms with van der Waals surface area (Å²) in [7, 11) is 1.63. The Morgan fingerprint density at radius 3 is 3.00 bits per heavy atom. The zero-order valence-electron chi connectivity index (χ0n) is 6.93. The minimum Gasteiger partial charge on any atom is -0.383 e.